The highest BCUT2D eigenvalue weighted by Gasteiger charge is 2.42. The minimum Gasteiger partial charge on any atom is -0.488 e. The van der Waals surface area contributed by atoms with Crippen molar-refractivity contribution in [3.8, 4) is 28.1 Å². The molecule has 0 aliphatic carbocycles. The van der Waals surface area contributed by atoms with Gasteiger partial charge in [-0.25, -0.2) is 19.6 Å². The van der Waals surface area contributed by atoms with Gasteiger partial charge in [0, 0.05) is 37.1 Å². The van der Waals surface area contributed by atoms with Gasteiger partial charge in [-0.1, -0.05) is 62.4 Å². The molecule has 16 heteroatoms. The average molecular weight is 855 g/mol. The van der Waals surface area contributed by atoms with E-state index in [0.717, 1.165) is 61.9 Å². The van der Waals surface area contributed by atoms with Crippen LogP contribution in [-0.2, 0) is 25.7 Å². The Labute approximate surface area is 363 Å². The Morgan fingerprint density at radius 2 is 1.75 bits per heavy atom. The lowest BCUT2D eigenvalue weighted by atomic mass is 9.92. The number of carbonyl (C=O) groups excluding carboxylic acids is 3. The van der Waals surface area contributed by atoms with Crippen LogP contribution in [0.5, 0.6) is 5.75 Å². The molecule has 4 amide bonds. The number of aromatic nitrogens is 4. The third-order valence-electron chi connectivity index (χ3n) is 12.6. The summed E-state index contributed by atoms with van der Waals surface area (Å²) in [5, 5.41) is 16.6. The third-order valence-corrected chi connectivity index (χ3v) is 12.6. The highest BCUT2D eigenvalue weighted by atomic mass is 16.5. The average Bonchev–Trinajstić information content (AvgIpc) is 4.13. The molecule has 3 aliphatic rings. The topological polar surface area (TPSA) is 204 Å². The van der Waals surface area contributed by atoms with Crippen LogP contribution in [0.25, 0.3) is 44.2 Å². The number of imidazole rings is 2. The number of fused-ring (bicyclic) bond motifs is 6. The van der Waals surface area contributed by atoms with E-state index in [1.807, 2.05) is 26.0 Å². The van der Waals surface area contributed by atoms with Gasteiger partial charge in [-0.05, 0) is 77.1 Å². The number of benzene rings is 4. The van der Waals surface area contributed by atoms with Crippen molar-refractivity contribution >= 4 is 45.8 Å². The molecule has 2 saturated heterocycles. The molecule has 2 aromatic heterocycles. The lowest BCUT2D eigenvalue weighted by Gasteiger charge is -2.30. The lowest BCUT2D eigenvalue weighted by Crippen LogP contribution is -2.51. The molecule has 16 nitrogen and oxygen atoms in total. The number of H-pyrrole nitrogens is 2. The number of amides is 4. The molecule has 6 aromatic rings. The van der Waals surface area contributed by atoms with Crippen molar-refractivity contribution in [2.45, 2.75) is 63.9 Å². The van der Waals surface area contributed by atoms with Crippen molar-refractivity contribution in [2.75, 3.05) is 33.9 Å². The zero-order valence-corrected chi connectivity index (χ0v) is 35.5. The van der Waals surface area contributed by atoms with E-state index >= 15 is 0 Å². The van der Waals surface area contributed by atoms with Gasteiger partial charge in [0.15, 0.2) is 0 Å². The van der Waals surface area contributed by atoms with Crippen LogP contribution in [0.2, 0.25) is 0 Å². The van der Waals surface area contributed by atoms with E-state index in [1.54, 1.807) is 47.4 Å². The number of carboxylic acid groups (broad SMARTS) is 1. The SMILES string of the molecule is COC[C@H]1C[C@@H](c2nc3ccc4cc5c(cc4c3[nH]2)OCc2cc(-c3cnc([C@@H]4CCCN4C(=O)[C@H](NC(=O)O)c4ccccc4)[nH]3)ccc2-5)N(C(=O)[C@@H](NC(=O)OC)C(C)C)C1. The van der Waals surface area contributed by atoms with E-state index in [2.05, 4.69) is 57.0 Å². The largest absolute Gasteiger partial charge is 0.488 e. The highest BCUT2D eigenvalue weighted by molar-refractivity contribution is 6.07. The van der Waals surface area contributed by atoms with E-state index < -0.39 is 24.3 Å². The second-order valence-corrected chi connectivity index (χ2v) is 16.9. The Bertz CT molecular complexity index is 2710. The molecule has 326 valence electrons. The van der Waals surface area contributed by atoms with E-state index in [9.17, 15) is 24.3 Å². The van der Waals surface area contributed by atoms with Crippen molar-refractivity contribution < 1.29 is 38.5 Å². The Morgan fingerprint density at radius 1 is 0.921 bits per heavy atom. The summed E-state index contributed by atoms with van der Waals surface area (Å²) < 4.78 is 16.8. The molecule has 0 bridgehead atoms. The number of nitrogens with one attached hydrogen (secondary N) is 4. The van der Waals surface area contributed by atoms with Crippen molar-refractivity contribution in [1.29, 1.82) is 0 Å². The van der Waals surface area contributed by atoms with Gasteiger partial charge in [0.2, 0.25) is 5.91 Å². The summed E-state index contributed by atoms with van der Waals surface area (Å²) in [5.41, 5.74) is 6.95. The zero-order valence-electron chi connectivity index (χ0n) is 35.5. The van der Waals surface area contributed by atoms with Crippen LogP contribution in [0.15, 0.2) is 79.0 Å². The van der Waals surface area contributed by atoms with Gasteiger partial charge in [0.25, 0.3) is 5.91 Å². The molecule has 5 atom stereocenters. The van der Waals surface area contributed by atoms with E-state index in [-0.39, 0.29) is 35.7 Å². The minimum atomic E-state index is -1.27. The van der Waals surface area contributed by atoms with Crippen molar-refractivity contribution in [3.63, 3.8) is 0 Å². The maximum atomic E-state index is 14.1. The summed E-state index contributed by atoms with van der Waals surface area (Å²) in [6.07, 6.45) is 1.97. The second kappa shape index (κ2) is 17.1. The van der Waals surface area contributed by atoms with E-state index in [1.165, 1.54) is 7.11 Å². The molecule has 2 fully saturated rings. The molecule has 3 aliphatic heterocycles. The number of methoxy groups -OCH3 is 2. The molecular weight excluding hydrogens is 805 g/mol. The number of likely N-dealkylation sites (tertiary alicyclic amines) is 2. The third kappa shape index (κ3) is 7.90. The summed E-state index contributed by atoms with van der Waals surface area (Å²) in [5.74, 6) is 1.48. The van der Waals surface area contributed by atoms with Gasteiger partial charge in [-0.2, -0.15) is 0 Å². The first-order chi connectivity index (χ1) is 30.5. The maximum Gasteiger partial charge on any atom is 0.407 e. The van der Waals surface area contributed by atoms with Crippen molar-refractivity contribution in [1.82, 2.24) is 40.4 Å². The fraction of sp³-hybridized carbons (Fsp3) is 0.362. The molecule has 0 spiro atoms. The van der Waals surface area contributed by atoms with Crippen molar-refractivity contribution in [2.24, 2.45) is 11.8 Å². The number of hydrogen-bond acceptors (Lipinski definition) is 9. The zero-order chi connectivity index (χ0) is 43.9. The first-order valence-corrected chi connectivity index (χ1v) is 21.3. The smallest absolute Gasteiger partial charge is 0.407 e. The lowest BCUT2D eigenvalue weighted by molar-refractivity contribution is -0.136. The predicted molar refractivity (Wildman–Crippen MR) is 234 cm³/mol. The van der Waals surface area contributed by atoms with Crippen LogP contribution in [-0.4, -0.2) is 98.8 Å². The fourth-order valence-corrected chi connectivity index (χ4v) is 9.49. The van der Waals surface area contributed by atoms with Crippen LogP contribution in [0.1, 0.15) is 74.0 Å². The van der Waals surface area contributed by atoms with Gasteiger partial charge in [0.05, 0.1) is 48.7 Å². The molecule has 0 saturated carbocycles. The van der Waals surface area contributed by atoms with Crippen LogP contribution < -0.4 is 15.4 Å². The quantitative estimate of drug-likeness (QED) is 0.0883. The first kappa shape index (κ1) is 41.4. The van der Waals surface area contributed by atoms with Crippen molar-refractivity contribution in [3.05, 3.63) is 102 Å². The second-order valence-electron chi connectivity index (χ2n) is 16.9. The standard InChI is InChI=1S/C47H50N8O8/c1-25(2)39(53-47(60)62-4)44(56)55-22-26(23-61-3)17-37(55)43-49-34-15-13-28-19-33-31-14-12-29(18-30(31)24-63-38(33)20-32(28)41(34)51-43)35-21-48-42(50-35)36-11-8-16-54(36)45(57)40(52-46(58)59)27-9-6-5-7-10-27/h5-7,9-10,12-15,18-21,25-26,36-37,39-40,52H,8,11,16-17,22-24H2,1-4H3,(H,48,50)(H,49,51)(H,53,60)(H,58,59)/t26-,36-,37-,39-,40+/m0/s1. The number of ether oxygens (including phenoxy) is 3. The molecular formula is C47H50N8O8. The van der Waals surface area contributed by atoms with Crippen LogP contribution in [0.3, 0.4) is 0 Å². The number of aromatic amines is 2. The number of nitrogens with zero attached hydrogens (tertiary/aromatic N) is 4. The normalized spacial score (nSPS) is 19.1. The monoisotopic (exact) mass is 854 g/mol. The number of alkyl carbamates (subject to hydrolysis) is 1. The Balaban J connectivity index is 0.969. The first-order valence-electron chi connectivity index (χ1n) is 21.3. The van der Waals surface area contributed by atoms with Crippen LogP contribution in [0, 0.1) is 11.8 Å². The Kier molecular flexibility index (Phi) is 11.2. The van der Waals surface area contributed by atoms with Gasteiger partial charge in [-0.15, -0.1) is 0 Å². The molecule has 0 unspecified atom stereocenters. The number of hydrogen-bond donors (Lipinski definition) is 5. The molecule has 9 rings (SSSR count). The van der Waals surface area contributed by atoms with Crippen LogP contribution >= 0.6 is 0 Å². The van der Waals surface area contributed by atoms with E-state index in [4.69, 9.17) is 24.2 Å². The van der Waals surface area contributed by atoms with Gasteiger partial charge >= 0.3 is 12.2 Å². The molecule has 0 radical (unpaired) electrons. The van der Waals surface area contributed by atoms with E-state index in [0.29, 0.717) is 56.4 Å². The number of rotatable bonds is 11. The fourth-order valence-electron chi connectivity index (χ4n) is 9.49. The Hall–Kier alpha value is -6.94. The summed E-state index contributed by atoms with van der Waals surface area (Å²) >= 11 is 0. The summed E-state index contributed by atoms with van der Waals surface area (Å²) in [6, 6.07) is 20.9. The molecule has 4 aromatic carbocycles. The summed E-state index contributed by atoms with van der Waals surface area (Å²) in [6.45, 7) is 5.59. The highest BCUT2D eigenvalue weighted by Crippen LogP contribution is 2.44. The minimum absolute atomic E-state index is 0.0902. The molecule has 63 heavy (non-hydrogen) atoms. The predicted octanol–water partition coefficient (Wildman–Crippen LogP) is 7.25. The van der Waals surface area contributed by atoms with Gasteiger partial charge < -0.3 is 49.7 Å². The number of carbonyl (C=O) groups is 4. The maximum absolute atomic E-state index is 14.1. The van der Waals surface area contributed by atoms with Crippen LogP contribution in [0.4, 0.5) is 9.59 Å². The Morgan fingerprint density at radius 3 is 2.51 bits per heavy atom. The van der Waals surface area contributed by atoms with Gasteiger partial charge in [0.1, 0.15) is 36.1 Å². The summed E-state index contributed by atoms with van der Waals surface area (Å²) in [4.78, 5) is 72.1. The van der Waals surface area contributed by atoms with Gasteiger partial charge in [-0.3, -0.25) is 9.59 Å². The summed E-state index contributed by atoms with van der Waals surface area (Å²) in [7, 11) is 2.94. The molecule has 5 heterocycles. The molecule has 5 N–H and O–H groups in total.